The predicted octanol–water partition coefficient (Wildman–Crippen LogP) is 1.73. The van der Waals surface area contributed by atoms with Crippen LogP contribution in [0.2, 0.25) is 0 Å². The third kappa shape index (κ3) is 3.32. The van der Waals surface area contributed by atoms with Crippen molar-refractivity contribution < 1.29 is 17.6 Å². The van der Waals surface area contributed by atoms with E-state index in [1.807, 2.05) is 0 Å². The average molecular weight is 354 g/mol. The Balaban J connectivity index is 1.69. The van der Waals surface area contributed by atoms with Crippen LogP contribution >= 0.6 is 0 Å². The lowest BCUT2D eigenvalue weighted by Crippen LogP contribution is -2.50. The molecule has 2 heterocycles. The summed E-state index contributed by atoms with van der Waals surface area (Å²) in [7, 11) is -3.82. The van der Waals surface area contributed by atoms with E-state index < -0.39 is 26.8 Å². The number of sulfone groups is 1. The first-order chi connectivity index (χ1) is 11.4. The fourth-order valence-corrected chi connectivity index (χ4v) is 4.96. The molecule has 2 aliphatic rings. The number of nitrogens with zero attached hydrogens (tertiary/aromatic N) is 1. The van der Waals surface area contributed by atoms with Crippen molar-refractivity contribution in [3.63, 3.8) is 0 Å². The Bertz CT molecular complexity index is 705. The van der Waals surface area contributed by atoms with Gasteiger partial charge < -0.3 is 5.32 Å². The van der Waals surface area contributed by atoms with Crippen LogP contribution in [0.4, 0.5) is 4.39 Å². The zero-order chi connectivity index (χ0) is 17.3. The van der Waals surface area contributed by atoms with Gasteiger partial charge in [-0.2, -0.15) is 0 Å². The smallest absolute Gasteiger partial charge is 0.238 e. The maximum atomic E-state index is 13.0. The lowest BCUT2D eigenvalue weighted by Gasteiger charge is -2.32. The summed E-state index contributed by atoms with van der Waals surface area (Å²) in [5.74, 6) is -0.980. The lowest BCUT2D eigenvalue weighted by molar-refractivity contribution is -0.121. The van der Waals surface area contributed by atoms with Gasteiger partial charge in [0.25, 0.3) is 0 Å². The van der Waals surface area contributed by atoms with E-state index in [2.05, 4.69) is 10.2 Å². The topological polar surface area (TPSA) is 66.5 Å². The maximum Gasteiger partial charge on any atom is 0.238 e. The highest BCUT2D eigenvalue weighted by Gasteiger charge is 2.38. The van der Waals surface area contributed by atoms with E-state index in [1.165, 1.54) is 25.5 Å². The van der Waals surface area contributed by atoms with Gasteiger partial charge in [-0.25, -0.2) is 12.8 Å². The molecule has 3 atom stereocenters. The first-order valence-electron chi connectivity index (χ1n) is 8.43. The van der Waals surface area contributed by atoms with Gasteiger partial charge >= 0.3 is 0 Å². The molecular formula is C17H23FN2O3S. The van der Waals surface area contributed by atoms with Crippen LogP contribution in [0, 0.1) is 5.82 Å². The number of nitrogens with one attached hydrogen (secondary N) is 1. The van der Waals surface area contributed by atoms with E-state index >= 15 is 0 Å². The van der Waals surface area contributed by atoms with Gasteiger partial charge in [-0.3, -0.25) is 9.69 Å². The second-order valence-corrected chi connectivity index (χ2v) is 8.91. The molecule has 24 heavy (non-hydrogen) atoms. The standard InChI is InChI=1S/C17H23FN2O3S/c1-12(24(22,23)14-7-5-13(18)6-8-14)17(21)19-15-9-11-20-10-3-2-4-16(15)20/h5-8,12,15-16H,2-4,9-11H2,1H3,(H,19,21). The molecule has 7 heteroatoms. The average Bonchev–Trinajstić information content (AvgIpc) is 2.97. The van der Waals surface area contributed by atoms with E-state index in [4.69, 9.17) is 0 Å². The molecule has 0 aromatic heterocycles. The molecule has 0 bridgehead atoms. The monoisotopic (exact) mass is 354 g/mol. The molecule has 0 saturated carbocycles. The lowest BCUT2D eigenvalue weighted by atomic mass is 9.99. The van der Waals surface area contributed by atoms with Crippen LogP contribution in [0.25, 0.3) is 0 Å². The zero-order valence-corrected chi connectivity index (χ0v) is 14.6. The van der Waals surface area contributed by atoms with Crippen molar-refractivity contribution in [1.29, 1.82) is 0 Å². The Hall–Kier alpha value is -1.47. The molecule has 0 spiro atoms. The Labute approximate surface area is 142 Å². The molecule has 2 aliphatic heterocycles. The summed E-state index contributed by atoms with van der Waals surface area (Å²) in [5.41, 5.74) is 0. The van der Waals surface area contributed by atoms with Crippen LogP contribution in [0.15, 0.2) is 29.2 Å². The highest BCUT2D eigenvalue weighted by atomic mass is 32.2. The van der Waals surface area contributed by atoms with Crippen LogP contribution in [-0.2, 0) is 14.6 Å². The third-order valence-corrected chi connectivity index (χ3v) is 7.23. The van der Waals surface area contributed by atoms with Crippen molar-refractivity contribution in [3.05, 3.63) is 30.1 Å². The maximum absolute atomic E-state index is 13.0. The van der Waals surface area contributed by atoms with Gasteiger partial charge in [0.05, 0.1) is 4.90 Å². The van der Waals surface area contributed by atoms with Gasteiger partial charge in [0, 0.05) is 18.6 Å². The highest BCUT2D eigenvalue weighted by Crippen LogP contribution is 2.27. The number of halogens is 1. The molecule has 1 N–H and O–H groups in total. The van der Waals surface area contributed by atoms with E-state index in [-0.39, 0.29) is 10.9 Å². The molecule has 1 aromatic rings. The highest BCUT2D eigenvalue weighted by molar-refractivity contribution is 7.92. The summed E-state index contributed by atoms with van der Waals surface area (Å²) in [5, 5.41) is 1.74. The van der Waals surface area contributed by atoms with Gasteiger partial charge in [0.1, 0.15) is 11.1 Å². The number of benzene rings is 1. The SMILES string of the molecule is CC(C(=O)NC1CCN2CCCCC12)S(=O)(=O)c1ccc(F)cc1. The second-order valence-electron chi connectivity index (χ2n) is 6.64. The van der Waals surface area contributed by atoms with Gasteiger partial charge in [-0.15, -0.1) is 0 Å². The molecule has 132 valence electrons. The van der Waals surface area contributed by atoms with E-state index in [1.54, 1.807) is 0 Å². The minimum Gasteiger partial charge on any atom is -0.351 e. The summed E-state index contributed by atoms with van der Waals surface area (Å²) in [6.45, 7) is 3.40. The van der Waals surface area contributed by atoms with Crippen molar-refractivity contribution >= 4 is 15.7 Å². The fourth-order valence-electron chi connectivity index (χ4n) is 3.69. The predicted molar refractivity (Wildman–Crippen MR) is 88.8 cm³/mol. The van der Waals surface area contributed by atoms with Gasteiger partial charge in [0.15, 0.2) is 9.84 Å². The Kier molecular flexibility index (Phi) is 4.92. The van der Waals surface area contributed by atoms with Gasteiger partial charge in [-0.1, -0.05) is 6.42 Å². The molecule has 2 fully saturated rings. The molecule has 3 unspecified atom stereocenters. The van der Waals surface area contributed by atoms with Crippen LogP contribution in [0.3, 0.4) is 0 Å². The molecule has 1 amide bonds. The van der Waals surface area contributed by atoms with Crippen LogP contribution in [0.1, 0.15) is 32.6 Å². The first kappa shape index (κ1) is 17.4. The molecule has 0 radical (unpaired) electrons. The fraction of sp³-hybridized carbons (Fsp3) is 0.588. The number of carbonyl (C=O) groups is 1. The minimum absolute atomic E-state index is 0.0173. The van der Waals surface area contributed by atoms with Crippen molar-refractivity contribution in [2.45, 2.75) is 54.8 Å². The summed E-state index contributed by atoms with van der Waals surface area (Å²) in [6.07, 6.45) is 4.24. The van der Waals surface area contributed by atoms with E-state index in [9.17, 15) is 17.6 Å². The van der Waals surface area contributed by atoms with Crippen molar-refractivity contribution in [2.75, 3.05) is 13.1 Å². The number of hydrogen-bond donors (Lipinski definition) is 1. The van der Waals surface area contributed by atoms with Crippen molar-refractivity contribution in [2.24, 2.45) is 0 Å². The first-order valence-corrected chi connectivity index (χ1v) is 9.98. The number of hydrogen-bond acceptors (Lipinski definition) is 4. The van der Waals surface area contributed by atoms with Crippen molar-refractivity contribution in [1.82, 2.24) is 10.2 Å². The summed E-state index contributed by atoms with van der Waals surface area (Å²) < 4.78 is 38.1. The second kappa shape index (κ2) is 6.80. The summed E-state index contributed by atoms with van der Waals surface area (Å²) in [4.78, 5) is 14.8. The van der Waals surface area contributed by atoms with Crippen LogP contribution in [0.5, 0.6) is 0 Å². The van der Waals surface area contributed by atoms with Gasteiger partial charge in [0.2, 0.25) is 5.91 Å². The Morgan fingerprint density at radius 2 is 1.92 bits per heavy atom. The molecule has 1 aromatic carbocycles. The van der Waals surface area contributed by atoms with Crippen LogP contribution < -0.4 is 5.32 Å². The Morgan fingerprint density at radius 1 is 1.21 bits per heavy atom. The zero-order valence-electron chi connectivity index (χ0n) is 13.7. The van der Waals surface area contributed by atoms with E-state index in [0.717, 1.165) is 44.5 Å². The number of fused-ring (bicyclic) bond motifs is 1. The van der Waals surface area contributed by atoms with Crippen LogP contribution in [-0.4, -0.2) is 49.6 Å². The number of rotatable bonds is 4. The molecular weight excluding hydrogens is 331 g/mol. The molecule has 5 nitrogen and oxygen atoms in total. The van der Waals surface area contributed by atoms with Crippen molar-refractivity contribution in [3.8, 4) is 0 Å². The quantitative estimate of drug-likeness (QED) is 0.837. The summed E-state index contributed by atoms with van der Waals surface area (Å²) in [6, 6.07) is 4.93. The Morgan fingerprint density at radius 3 is 2.62 bits per heavy atom. The summed E-state index contributed by atoms with van der Waals surface area (Å²) >= 11 is 0. The third-order valence-electron chi connectivity index (χ3n) is 5.16. The van der Waals surface area contributed by atoms with Gasteiger partial charge in [-0.05, 0) is 57.0 Å². The largest absolute Gasteiger partial charge is 0.351 e. The number of carbonyl (C=O) groups excluding carboxylic acids is 1. The minimum atomic E-state index is -3.82. The van der Waals surface area contributed by atoms with E-state index in [0.29, 0.717) is 6.04 Å². The molecule has 2 saturated heterocycles. The number of amides is 1. The normalized spacial score (nSPS) is 25.9. The number of piperidine rings is 1. The molecule has 0 aliphatic carbocycles. The molecule has 3 rings (SSSR count).